The monoisotopic (exact) mass is 493 g/mol. The van der Waals surface area contributed by atoms with Crippen molar-refractivity contribution in [2.75, 3.05) is 16.8 Å². The molecule has 3 amide bonds. The maximum atomic E-state index is 13.0. The lowest BCUT2D eigenvalue weighted by Crippen LogP contribution is -2.23. The van der Waals surface area contributed by atoms with Crippen molar-refractivity contribution in [2.45, 2.75) is 25.7 Å². The number of fused-ring (bicyclic) bond motifs is 1. The van der Waals surface area contributed by atoms with Crippen molar-refractivity contribution in [1.82, 2.24) is 9.97 Å². The van der Waals surface area contributed by atoms with Gasteiger partial charge in [-0.05, 0) is 48.7 Å². The maximum absolute atomic E-state index is 13.0. The Morgan fingerprint density at radius 2 is 1.89 bits per heavy atom. The number of hydrogen-bond acceptors (Lipinski definition) is 4. The lowest BCUT2D eigenvalue weighted by atomic mass is 9.99. The van der Waals surface area contributed by atoms with Crippen molar-refractivity contribution < 1.29 is 14.4 Å². The predicted molar refractivity (Wildman–Crippen MR) is 145 cm³/mol. The van der Waals surface area contributed by atoms with E-state index in [2.05, 4.69) is 15.3 Å². The highest BCUT2D eigenvalue weighted by Gasteiger charge is 2.22. The molecule has 0 radical (unpaired) electrons. The zero-order valence-corrected chi connectivity index (χ0v) is 20.4. The van der Waals surface area contributed by atoms with Gasteiger partial charge in [-0.1, -0.05) is 42.5 Å². The summed E-state index contributed by atoms with van der Waals surface area (Å²) in [5.74, 6) is -0.996. The molecule has 5 rings (SSSR count). The van der Waals surface area contributed by atoms with Crippen molar-refractivity contribution in [2.24, 2.45) is 5.73 Å². The second kappa shape index (κ2) is 10.1. The molecule has 0 spiro atoms. The van der Waals surface area contributed by atoms with E-state index >= 15 is 0 Å². The van der Waals surface area contributed by atoms with Crippen LogP contribution < -0.4 is 16.0 Å². The van der Waals surface area contributed by atoms with E-state index in [0.29, 0.717) is 23.3 Å². The standard InChI is InChI=1S/C29H27N5O3/c1-18(19-9-11-23(12-10-19)34-13-5-8-26(34)35)29(37)33-22-15-25-21(16-31-28(25)32-17-22)14-24(27(30)36)20-6-3-2-4-7-20/h2-4,6-7,9-12,14-18H,5,8,13H2,1H3,(H2,30,36)(H,31,32)(H,33,37)/b24-14+. The molecule has 8 heteroatoms. The number of nitrogens with two attached hydrogens (primary N) is 1. The fourth-order valence-corrected chi connectivity index (χ4v) is 4.55. The molecule has 3 heterocycles. The third-order valence-corrected chi connectivity index (χ3v) is 6.65. The largest absolute Gasteiger partial charge is 0.366 e. The Labute approximate surface area is 214 Å². The Bertz CT molecular complexity index is 1510. The van der Waals surface area contributed by atoms with E-state index in [0.717, 1.165) is 40.7 Å². The Morgan fingerprint density at radius 1 is 1.14 bits per heavy atom. The molecule has 1 atom stereocenters. The smallest absolute Gasteiger partial charge is 0.249 e. The second-order valence-electron chi connectivity index (χ2n) is 9.10. The second-order valence-corrected chi connectivity index (χ2v) is 9.10. The van der Waals surface area contributed by atoms with Crippen LogP contribution in [-0.2, 0) is 14.4 Å². The molecule has 1 aliphatic heterocycles. The molecule has 0 bridgehead atoms. The lowest BCUT2D eigenvalue weighted by Gasteiger charge is -2.17. The van der Waals surface area contributed by atoms with Crippen LogP contribution in [0, 0.1) is 0 Å². The van der Waals surface area contributed by atoms with Gasteiger partial charge in [0.25, 0.3) is 0 Å². The summed E-state index contributed by atoms with van der Waals surface area (Å²) in [6, 6.07) is 18.6. The summed E-state index contributed by atoms with van der Waals surface area (Å²) < 4.78 is 0. The zero-order chi connectivity index (χ0) is 25.9. The van der Waals surface area contributed by atoms with E-state index in [4.69, 9.17) is 5.73 Å². The molecule has 0 aliphatic carbocycles. The van der Waals surface area contributed by atoms with Gasteiger partial charge in [0.2, 0.25) is 17.7 Å². The number of nitrogens with zero attached hydrogens (tertiary/aromatic N) is 2. The highest BCUT2D eigenvalue weighted by Crippen LogP contribution is 2.27. The number of hydrogen-bond donors (Lipinski definition) is 3. The van der Waals surface area contributed by atoms with Gasteiger partial charge in [-0.25, -0.2) is 4.98 Å². The van der Waals surface area contributed by atoms with Crippen LogP contribution in [0.15, 0.2) is 73.1 Å². The van der Waals surface area contributed by atoms with Crippen LogP contribution in [0.3, 0.4) is 0 Å². The van der Waals surface area contributed by atoms with E-state index < -0.39 is 11.8 Å². The van der Waals surface area contributed by atoms with E-state index in [9.17, 15) is 14.4 Å². The summed E-state index contributed by atoms with van der Waals surface area (Å²) in [5, 5.41) is 3.69. The fourth-order valence-electron chi connectivity index (χ4n) is 4.55. The summed E-state index contributed by atoms with van der Waals surface area (Å²) in [4.78, 5) is 46.5. The molecule has 1 aliphatic rings. The Hall–Kier alpha value is -4.72. The van der Waals surface area contributed by atoms with Gasteiger partial charge in [0.05, 0.1) is 17.8 Å². The number of H-pyrrole nitrogens is 1. The SMILES string of the molecule is CC(C(=O)Nc1cnc2[nH]cc(/C=C(/C(N)=O)c3ccccc3)c2c1)c1ccc(N2CCCC2=O)cc1. The molecule has 1 saturated heterocycles. The Kier molecular flexibility index (Phi) is 6.55. The maximum Gasteiger partial charge on any atom is 0.249 e. The molecule has 0 saturated carbocycles. The number of rotatable bonds is 7. The minimum atomic E-state index is -0.535. The first-order chi connectivity index (χ1) is 17.9. The van der Waals surface area contributed by atoms with Crippen LogP contribution >= 0.6 is 0 Å². The average molecular weight is 494 g/mol. The zero-order valence-electron chi connectivity index (χ0n) is 20.4. The van der Waals surface area contributed by atoms with Gasteiger partial charge >= 0.3 is 0 Å². The van der Waals surface area contributed by atoms with Crippen LogP contribution in [0.2, 0.25) is 0 Å². The predicted octanol–water partition coefficient (Wildman–Crippen LogP) is 4.46. The van der Waals surface area contributed by atoms with Crippen molar-refractivity contribution in [3.63, 3.8) is 0 Å². The molecule has 1 fully saturated rings. The van der Waals surface area contributed by atoms with E-state index in [-0.39, 0.29) is 11.8 Å². The van der Waals surface area contributed by atoms with Crippen LogP contribution in [0.25, 0.3) is 22.7 Å². The van der Waals surface area contributed by atoms with Crippen molar-refractivity contribution in [1.29, 1.82) is 0 Å². The minimum absolute atomic E-state index is 0.132. The third kappa shape index (κ3) is 4.99. The summed E-state index contributed by atoms with van der Waals surface area (Å²) in [5.41, 5.74) is 10.4. The lowest BCUT2D eigenvalue weighted by molar-refractivity contribution is -0.118. The topological polar surface area (TPSA) is 121 Å². The van der Waals surface area contributed by atoms with Gasteiger partial charge in [0.15, 0.2) is 0 Å². The van der Waals surface area contributed by atoms with Crippen LogP contribution in [0.4, 0.5) is 11.4 Å². The number of carbonyl (C=O) groups is 3. The highest BCUT2D eigenvalue weighted by molar-refractivity contribution is 6.24. The van der Waals surface area contributed by atoms with Gasteiger partial charge in [-0.3, -0.25) is 14.4 Å². The number of benzene rings is 2. The Morgan fingerprint density at radius 3 is 2.57 bits per heavy atom. The average Bonchev–Trinajstić information content (AvgIpc) is 3.52. The summed E-state index contributed by atoms with van der Waals surface area (Å²) in [7, 11) is 0. The minimum Gasteiger partial charge on any atom is -0.366 e. The third-order valence-electron chi connectivity index (χ3n) is 6.65. The molecule has 4 aromatic rings. The number of aromatic amines is 1. The van der Waals surface area contributed by atoms with Gasteiger partial charge < -0.3 is 20.9 Å². The molecule has 2 aromatic heterocycles. The molecule has 37 heavy (non-hydrogen) atoms. The molecular formula is C29H27N5O3. The van der Waals surface area contributed by atoms with Crippen molar-refractivity contribution >= 4 is 51.8 Å². The molecule has 2 aromatic carbocycles. The molecule has 4 N–H and O–H groups in total. The number of primary amides is 1. The number of carbonyl (C=O) groups excluding carboxylic acids is 3. The van der Waals surface area contributed by atoms with Crippen LogP contribution in [0.1, 0.15) is 42.4 Å². The Balaban J connectivity index is 1.35. The van der Waals surface area contributed by atoms with Gasteiger partial charge in [-0.2, -0.15) is 0 Å². The van der Waals surface area contributed by atoms with Crippen LogP contribution in [0.5, 0.6) is 0 Å². The number of amides is 3. The molecule has 1 unspecified atom stereocenters. The van der Waals surface area contributed by atoms with Gasteiger partial charge in [0.1, 0.15) is 5.65 Å². The van der Waals surface area contributed by atoms with Crippen molar-refractivity contribution in [3.05, 3.63) is 89.7 Å². The van der Waals surface area contributed by atoms with Gasteiger partial charge in [0, 0.05) is 41.4 Å². The summed E-state index contributed by atoms with van der Waals surface area (Å²) >= 11 is 0. The van der Waals surface area contributed by atoms with E-state index in [1.54, 1.807) is 23.4 Å². The molecule has 8 nitrogen and oxygen atoms in total. The normalized spacial score (nSPS) is 14.7. The number of anilines is 2. The summed E-state index contributed by atoms with van der Waals surface area (Å²) in [6.45, 7) is 2.56. The molecular weight excluding hydrogens is 466 g/mol. The van der Waals surface area contributed by atoms with E-state index in [1.165, 1.54) is 0 Å². The van der Waals surface area contributed by atoms with Crippen molar-refractivity contribution in [3.8, 4) is 0 Å². The fraction of sp³-hybridized carbons (Fsp3) is 0.172. The van der Waals surface area contributed by atoms with Crippen LogP contribution in [-0.4, -0.2) is 34.2 Å². The van der Waals surface area contributed by atoms with Gasteiger partial charge in [-0.15, -0.1) is 0 Å². The summed E-state index contributed by atoms with van der Waals surface area (Å²) in [6.07, 6.45) is 6.51. The first-order valence-corrected chi connectivity index (χ1v) is 12.2. The number of nitrogens with one attached hydrogen (secondary N) is 2. The number of pyridine rings is 1. The highest BCUT2D eigenvalue weighted by atomic mass is 16.2. The molecule has 186 valence electrons. The van der Waals surface area contributed by atoms with E-state index in [1.807, 2.05) is 67.6 Å². The number of aromatic nitrogens is 2. The first-order valence-electron chi connectivity index (χ1n) is 12.2. The quantitative estimate of drug-likeness (QED) is 0.329. The first kappa shape index (κ1) is 24.0.